The second-order valence-corrected chi connectivity index (χ2v) is 4.66. The molecule has 0 spiro atoms. The minimum Gasteiger partial charge on any atom is -0.486 e. The lowest BCUT2D eigenvalue weighted by Crippen LogP contribution is -2.08. The number of aromatic nitrogens is 1. The van der Waals surface area contributed by atoms with Gasteiger partial charge in [-0.15, -0.1) is 11.3 Å². The molecule has 1 unspecified atom stereocenters. The predicted molar refractivity (Wildman–Crippen MR) is 65.4 cm³/mol. The normalized spacial score (nSPS) is 12.4. The molecular formula is C12H13FN2OS. The van der Waals surface area contributed by atoms with Gasteiger partial charge in [0.15, 0.2) is 0 Å². The van der Waals surface area contributed by atoms with Gasteiger partial charge in [-0.1, -0.05) is 6.07 Å². The van der Waals surface area contributed by atoms with Gasteiger partial charge in [0, 0.05) is 29.2 Å². The summed E-state index contributed by atoms with van der Waals surface area (Å²) in [6.45, 7) is 2.17. The Kier molecular flexibility index (Phi) is 3.71. The molecule has 0 fully saturated rings. The molecule has 1 aromatic carbocycles. The number of hydrogen-bond donors (Lipinski definition) is 1. The van der Waals surface area contributed by atoms with E-state index < -0.39 is 0 Å². The molecule has 17 heavy (non-hydrogen) atoms. The maximum atomic E-state index is 13.1. The summed E-state index contributed by atoms with van der Waals surface area (Å²) in [5.41, 5.74) is 6.59. The first-order valence-electron chi connectivity index (χ1n) is 5.23. The summed E-state index contributed by atoms with van der Waals surface area (Å²) >= 11 is 1.50. The number of hydrogen-bond acceptors (Lipinski definition) is 4. The van der Waals surface area contributed by atoms with E-state index in [4.69, 9.17) is 10.5 Å². The highest BCUT2D eigenvalue weighted by atomic mass is 32.1. The Balaban J connectivity index is 2.16. The average molecular weight is 252 g/mol. The van der Waals surface area contributed by atoms with Crippen molar-refractivity contribution in [2.75, 3.05) is 0 Å². The average Bonchev–Trinajstić information content (AvgIpc) is 2.78. The van der Waals surface area contributed by atoms with Crippen LogP contribution in [-0.2, 0) is 6.61 Å². The van der Waals surface area contributed by atoms with Crippen LogP contribution in [0.2, 0.25) is 0 Å². The predicted octanol–water partition coefficient (Wildman–Crippen LogP) is 2.88. The Morgan fingerprint density at radius 2 is 2.35 bits per heavy atom. The van der Waals surface area contributed by atoms with Crippen LogP contribution in [0.4, 0.5) is 4.39 Å². The second-order valence-electron chi connectivity index (χ2n) is 3.69. The molecule has 5 heteroatoms. The van der Waals surface area contributed by atoms with E-state index in [2.05, 4.69) is 4.98 Å². The van der Waals surface area contributed by atoms with Crippen molar-refractivity contribution in [2.24, 2.45) is 5.73 Å². The van der Waals surface area contributed by atoms with E-state index in [-0.39, 0.29) is 11.9 Å². The van der Waals surface area contributed by atoms with Crippen molar-refractivity contribution in [1.82, 2.24) is 4.98 Å². The molecule has 0 aliphatic heterocycles. The van der Waals surface area contributed by atoms with Gasteiger partial charge in [0.25, 0.3) is 0 Å². The molecular weight excluding hydrogens is 239 g/mol. The zero-order valence-electron chi connectivity index (χ0n) is 9.39. The number of nitrogens with zero attached hydrogens (tertiary/aromatic N) is 1. The molecule has 0 bridgehead atoms. The first-order chi connectivity index (χ1) is 8.16. The van der Waals surface area contributed by atoms with Crippen LogP contribution in [0.5, 0.6) is 5.75 Å². The van der Waals surface area contributed by atoms with Crippen molar-refractivity contribution in [2.45, 2.75) is 19.6 Å². The lowest BCUT2D eigenvalue weighted by Gasteiger charge is -2.13. The van der Waals surface area contributed by atoms with Gasteiger partial charge in [0.2, 0.25) is 0 Å². The minimum absolute atomic E-state index is 0.193. The van der Waals surface area contributed by atoms with Gasteiger partial charge in [0.05, 0.1) is 0 Å². The Hall–Kier alpha value is -1.46. The molecule has 0 radical (unpaired) electrons. The number of ether oxygens (including phenoxy) is 1. The van der Waals surface area contributed by atoms with E-state index in [9.17, 15) is 4.39 Å². The van der Waals surface area contributed by atoms with E-state index in [1.54, 1.807) is 12.3 Å². The van der Waals surface area contributed by atoms with Gasteiger partial charge < -0.3 is 10.5 Å². The van der Waals surface area contributed by atoms with E-state index in [0.717, 1.165) is 10.6 Å². The first kappa shape index (κ1) is 12.0. The number of benzene rings is 1. The maximum absolute atomic E-state index is 13.1. The highest BCUT2D eigenvalue weighted by molar-refractivity contribution is 7.09. The summed E-state index contributed by atoms with van der Waals surface area (Å²) in [5, 5.41) is 2.72. The van der Waals surface area contributed by atoms with E-state index >= 15 is 0 Å². The van der Waals surface area contributed by atoms with E-state index in [1.165, 1.54) is 23.5 Å². The molecule has 0 aliphatic rings. The van der Waals surface area contributed by atoms with Crippen LogP contribution in [-0.4, -0.2) is 4.98 Å². The Morgan fingerprint density at radius 3 is 3.00 bits per heavy atom. The third kappa shape index (κ3) is 3.01. The number of nitrogens with two attached hydrogens (primary N) is 1. The molecule has 0 amide bonds. The molecule has 90 valence electrons. The zero-order chi connectivity index (χ0) is 12.3. The SMILES string of the molecule is CC(N)c1ccc(F)cc1OCc1nccs1. The fourth-order valence-corrected chi connectivity index (χ4v) is 2.00. The largest absolute Gasteiger partial charge is 0.486 e. The van der Waals surface area contributed by atoms with Gasteiger partial charge in [-0.2, -0.15) is 0 Å². The van der Waals surface area contributed by atoms with Gasteiger partial charge in [-0.05, 0) is 13.0 Å². The fourth-order valence-electron chi connectivity index (χ4n) is 1.47. The monoisotopic (exact) mass is 252 g/mol. The smallest absolute Gasteiger partial charge is 0.140 e. The van der Waals surface area contributed by atoms with Gasteiger partial charge in [0.1, 0.15) is 23.2 Å². The number of halogens is 1. The summed E-state index contributed by atoms with van der Waals surface area (Å²) in [5.74, 6) is 0.152. The van der Waals surface area contributed by atoms with Crippen molar-refractivity contribution in [3.63, 3.8) is 0 Å². The molecule has 1 heterocycles. The first-order valence-corrected chi connectivity index (χ1v) is 6.11. The summed E-state index contributed by atoms with van der Waals surface area (Å²) in [4.78, 5) is 4.10. The third-order valence-electron chi connectivity index (χ3n) is 2.30. The van der Waals surface area contributed by atoms with E-state index in [1.807, 2.05) is 12.3 Å². The van der Waals surface area contributed by atoms with Crippen molar-refractivity contribution in [1.29, 1.82) is 0 Å². The highest BCUT2D eigenvalue weighted by Gasteiger charge is 2.10. The molecule has 2 aromatic rings. The molecule has 1 atom stereocenters. The quantitative estimate of drug-likeness (QED) is 0.910. The van der Waals surface area contributed by atoms with Crippen molar-refractivity contribution in [3.05, 3.63) is 46.2 Å². The Labute approximate surface area is 103 Å². The molecule has 1 aromatic heterocycles. The Morgan fingerprint density at radius 1 is 1.53 bits per heavy atom. The van der Waals surface area contributed by atoms with Crippen LogP contribution in [0.1, 0.15) is 23.5 Å². The van der Waals surface area contributed by atoms with Crippen LogP contribution in [0.25, 0.3) is 0 Å². The van der Waals surface area contributed by atoms with Crippen molar-refractivity contribution < 1.29 is 9.13 Å². The Bertz CT molecular complexity index is 485. The van der Waals surface area contributed by atoms with Crippen LogP contribution in [0, 0.1) is 5.82 Å². The summed E-state index contributed by atoms with van der Waals surface area (Å²) in [6, 6.07) is 4.19. The maximum Gasteiger partial charge on any atom is 0.140 e. The topological polar surface area (TPSA) is 48.1 Å². The van der Waals surface area contributed by atoms with Crippen LogP contribution in [0.15, 0.2) is 29.8 Å². The van der Waals surface area contributed by atoms with E-state index in [0.29, 0.717) is 12.4 Å². The van der Waals surface area contributed by atoms with Crippen LogP contribution < -0.4 is 10.5 Å². The third-order valence-corrected chi connectivity index (χ3v) is 3.05. The van der Waals surface area contributed by atoms with Crippen LogP contribution in [0.3, 0.4) is 0 Å². The second kappa shape index (κ2) is 5.25. The minimum atomic E-state index is -0.330. The molecule has 0 saturated heterocycles. The van der Waals surface area contributed by atoms with Crippen molar-refractivity contribution >= 4 is 11.3 Å². The van der Waals surface area contributed by atoms with Gasteiger partial charge in [-0.3, -0.25) is 0 Å². The molecule has 2 rings (SSSR count). The lowest BCUT2D eigenvalue weighted by molar-refractivity contribution is 0.299. The molecule has 2 N–H and O–H groups in total. The van der Waals surface area contributed by atoms with Crippen molar-refractivity contribution in [3.8, 4) is 5.75 Å². The summed E-state index contributed by atoms with van der Waals surface area (Å²) in [6.07, 6.45) is 1.71. The van der Waals surface area contributed by atoms with Crippen LogP contribution >= 0.6 is 11.3 Å². The highest BCUT2D eigenvalue weighted by Crippen LogP contribution is 2.25. The molecule has 0 aliphatic carbocycles. The standard InChI is InChI=1S/C12H13FN2OS/c1-8(14)10-3-2-9(13)6-11(10)16-7-12-15-4-5-17-12/h2-6,8H,7,14H2,1H3. The molecule has 0 saturated carbocycles. The fraction of sp³-hybridized carbons (Fsp3) is 0.250. The lowest BCUT2D eigenvalue weighted by atomic mass is 10.1. The summed E-state index contributed by atoms with van der Waals surface area (Å²) in [7, 11) is 0. The summed E-state index contributed by atoms with van der Waals surface area (Å²) < 4.78 is 18.7. The zero-order valence-corrected chi connectivity index (χ0v) is 10.2. The number of rotatable bonds is 4. The van der Waals surface area contributed by atoms with Gasteiger partial charge in [-0.25, -0.2) is 9.37 Å². The molecule has 3 nitrogen and oxygen atoms in total. The number of thiazole rings is 1. The van der Waals surface area contributed by atoms with Gasteiger partial charge >= 0.3 is 0 Å².